The zero-order chi connectivity index (χ0) is 27.0. The Balaban J connectivity index is 1.23. The predicted octanol–water partition coefficient (Wildman–Crippen LogP) is 5.52. The first-order valence-electron chi connectivity index (χ1n) is 12.4. The van der Waals surface area contributed by atoms with Crippen molar-refractivity contribution in [2.75, 3.05) is 5.75 Å². The smallest absolute Gasteiger partial charge is 0.266 e. The number of hydrazone groups is 1. The van der Waals surface area contributed by atoms with Gasteiger partial charge in [-0.15, -0.1) is 0 Å². The van der Waals surface area contributed by atoms with Gasteiger partial charge in [0.05, 0.1) is 28.6 Å². The molecule has 0 saturated carbocycles. The summed E-state index contributed by atoms with van der Waals surface area (Å²) in [5.41, 5.74) is 6.55. The van der Waals surface area contributed by atoms with Crippen molar-refractivity contribution >= 4 is 34.8 Å². The minimum atomic E-state index is -0.308. The van der Waals surface area contributed by atoms with E-state index in [1.54, 1.807) is 22.9 Å². The fourth-order valence-electron chi connectivity index (χ4n) is 3.97. The molecule has 5 rings (SSSR count). The third-order valence-electron chi connectivity index (χ3n) is 5.96. The molecule has 1 aromatic heterocycles. The van der Waals surface area contributed by atoms with Gasteiger partial charge >= 0.3 is 0 Å². The predicted molar refractivity (Wildman–Crippen MR) is 156 cm³/mol. The van der Waals surface area contributed by atoms with Gasteiger partial charge in [0.25, 0.3) is 11.5 Å². The van der Waals surface area contributed by atoms with Crippen LogP contribution in [0.4, 0.5) is 0 Å². The van der Waals surface area contributed by atoms with Crippen LogP contribution in [0.1, 0.15) is 16.7 Å². The van der Waals surface area contributed by atoms with E-state index in [1.807, 2.05) is 97.9 Å². The van der Waals surface area contributed by atoms with Crippen molar-refractivity contribution in [1.82, 2.24) is 15.0 Å². The summed E-state index contributed by atoms with van der Waals surface area (Å²) < 4.78 is 7.37. The number of ether oxygens (including phenoxy) is 1. The van der Waals surface area contributed by atoms with Crippen molar-refractivity contribution in [2.24, 2.45) is 5.10 Å². The molecule has 1 heterocycles. The maximum atomic E-state index is 13.4. The number of fused-ring (bicyclic) bond motifs is 1. The Kier molecular flexibility index (Phi) is 8.14. The Morgan fingerprint density at radius 2 is 1.67 bits per heavy atom. The highest BCUT2D eigenvalue weighted by molar-refractivity contribution is 7.99. The molecule has 0 unspecified atom stereocenters. The maximum Gasteiger partial charge on any atom is 0.266 e. The van der Waals surface area contributed by atoms with Gasteiger partial charge in [-0.25, -0.2) is 10.4 Å². The van der Waals surface area contributed by atoms with Crippen LogP contribution in [0.25, 0.3) is 16.6 Å². The van der Waals surface area contributed by atoms with Gasteiger partial charge in [0, 0.05) is 0 Å². The Labute approximate surface area is 230 Å². The zero-order valence-corrected chi connectivity index (χ0v) is 22.1. The number of carbonyl (C=O) groups is 1. The molecule has 1 N–H and O–H groups in total. The second kappa shape index (κ2) is 12.2. The molecule has 0 fully saturated rings. The van der Waals surface area contributed by atoms with E-state index in [0.717, 1.165) is 28.1 Å². The van der Waals surface area contributed by atoms with E-state index < -0.39 is 0 Å². The number of para-hydroxylation sites is 2. The van der Waals surface area contributed by atoms with Crippen LogP contribution in [0.2, 0.25) is 0 Å². The summed E-state index contributed by atoms with van der Waals surface area (Å²) in [4.78, 5) is 30.6. The molecule has 1 amide bonds. The second-order valence-corrected chi connectivity index (χ2v) is 9.71. The number of nitrogens with one attached hydrogen (secondary N) is 1. The Morgan fingerprint density at radius 1 is 0.949 bits per heavy atom. The molecule has 0 aliphatic carbocycles. The lowest BCUT2D eigenvalue weighted by Crippen LogP contribution is -2.24. The van der Waals surface area contributed by atoms with Crippen molar-refractivity contribution in [1.29, 1.82) is 0 Å². The van der Waals surface area contributed by atoms with Gasteiger partial charge in [-0.2, -0.15) is 5.10 Å². The Morgan fingerprint density at radius 3 is 2.46 bits per heavy atom. The van der Waals surface area contributed by atoms with Crippen LogP contribution in [-0.2, 0) is 11.4 Å². The van der Waals surface area contributed by atoms with Gasteiger partial charge in [0.1, 0.15) is 12.4 Å². The van der Waals surface area contributed by atoms with E-state index in [0.29, 0.717) is 22.7 Å². The second-order valence-electron chi connectivity index (χ2n) is 8.76. The van der Waals surface area contributed by atoms with Gasteiger partial charge in [0.2, 0.25) is 0 Å². The zero-order valence-electron chi connectivity index (χ0n) is 21.3. The topological polar surface area (TPSA) is 85.6 Å². The molecular formula is C31H26N4O3S. The van der Waals surface area contributed by atoms with E-state index in [2.05, 4.69) is 10.5 Å². The number of nitrogens with zero attached hydrogens (tertiary/aromatic N) is 3. The third-order valence-corrected chi connectivity index (χ3v) is 6.90. The van der Waals surface area contributed by atoms with E-state index in [-0.39, 0.29) is 17.2 Å². The molecule has 8 heteroatoms. The summed E-state index contributed by atoms with van der Waals surface area (Å²) in [5, 5.41) is 5.04. The van der Waals surface area contributed by atoms with Crippen LogP contribution < -0.4 is 15.7 Å². The normalized spacial score (nSPS) is 11.1. The largest absolute Gasteiger partial charge is 0.489 e. The summed E-state index contributed by atoms with van der Waals surface area (Å²) in [6.45, 7) is 2.43. The van der Waals surface area contributed by atoms with Gasteiger partial charge in [-0.3, -0.25) is 14.2 Å². The number of carbonyl (C=O) groups excluding carboxylic acids is 1. The summed E-state index contributed by atoms with van der Waals surface area (Å²) in [6.07, 6.45) is 1.57. The number of aromatic nitrogens is 2. The lowest BCUT2D eigenvalue weighted by atomic mass is 10.2. The van der Waals surface area contributed by atoms with Crippen LogP contribution in [-0.4, -0.2) is 27.4 Å². The number of thioether (sulfide) groups is 1. The van der Waals surface area contributed by atoms with Gasteiger partial charge < -0.3 is 4.74 Å². The van der Waals surface area contributed by atoms with Crippen LogP contribution in [0.15, 0.2) is 118 Å². The van der Waals surface area contributed by atoms with Crippen molar-refractivity contribution in [2.45, 2.75) is 18.7 Å². The minimum Gasteiger partial charge on any atom is -0.489 e. The molecule has 0 radical (unpaired) electrons. The van der Waals surface area contributed by atoms with Gasteiger partial charge in [0.15, 0.2) is 5.16 Å². The van der Waals surface area contributed by atoms with Crippen LogP contribution in [0, 0.1) is 6.92 Å². The number of amides is 1. The minimum absolute atomic E-state index is 0.0419. The van der Waals surface area contributed by atoms with Crippen molar-refractivity contribution in [3.05, 3.63) is 130 Å². The van der Waals surface area contributed by atoms with Crippen molar-refractivity contribution in [3.8, 4) is 11.4 Å². The van der Waals surface area contributed by atoms with Crippen LogP contribution in [0.3, 0.4) is 0 Å². The number of aryl methyl sites for hydroxylation is 1. The summed E-state index contributed by atoms with van der Waals surface area (Å²) in [6, 6.07) is 32.2. The number of benzene rings is 4. The molecule has 0 aliphatic rings. The average Bonchev–Trinajstić information content (AvgIpc) is 2.97. The SMILES string of the molecule is Cc1ccccc1-n1c(SCC(=O)NN=Cc2ccc(OCc3ccccc3)cc2)nc2ccccc2c1=O. The maximum absolute atomic E-state index is 13.4. The molecular weight excluding hydrogens is 508 g/mol. The number of rotatable bonds is 9. The van der Waals surface area contributed by atoms with Crippen LogP contribution >= 0.6 is 11.8 Å². The highest BCUT2D eigenvalue weighted by atomic mass is 32.2. The lowest BCUT2D eigenvalue weighted by Gasteiger charge is -2.14. The molecule has 5 aromatic rings. The summed E-state index contributed by atoms with van der Waals surface area (Å²) in [5.74, 6) is 0.483. The van der Waals surface area contributed by atoms with Gasteiger partial charge in [-0.1, -0.05) is 72.4 Å². The highest BCUT2D eigenvalue weighted by Crippen LogP contribution is 2.23. The molecule has 194 valence electrons. The lowest BCUT2D eigenvalue weighted by molar-refractivity contribution is -0.118. The first kappa shape index (κ1) is 25.9. The molecule has 0 spiro atoms. The average molecular weight is 535 g/mol. The summed E-state index contributed by atoms with van der Waals surface area (Å²) >= 11 is 1.19. The van der Waals surface area contributed by atoms with Gasteiger partial charge in [-0.05, 0) is 66.1 Å². The quantitative estimate of drug-likeness (QED) is 0.117. The summed E-state index contributed by atoms with van der Waals surface area (Å²) in [7, 11) is 0. The molecule has 39 heavy (non-hydrogen) atoms. The molecule has 0 atom stereocenters. The number of hydrogen-bond donors (Lipinski definition) is 1. The fraction of sp³-hybridized carbons (Fsp3) is 0.0968. The van der Waals surface area contributed by atoms with E-state index >= 15 is 0 Å². The van der Waals surface area contributed by atoms with E-state index in [1.165, 1.54) is 11.8 Å². The Hall–Kier alpha value is -4.69. The Bertz CT molecular complexity index is 1680. The van der Waals surface area contributed by atoms with Crippen molar-refractivity contribution in [3.63, 3.8) is 0 Å². The van der Waals surface area contributed by atoms with Crippen molar-refractivity contribution < 1.29 is 9.53 Å². The fourth-order valence-corrected chi connectivity index (χ4v) is 4.77. The van der Waals surface area contributed by atoms with E-state index in [4.69, 9.17) is 9.72 Å². The van der Waals surface area contributed by atoms with E-state index in [9.17, 15) is 9.59 Å². The van der Waals surface area contributed by atoms with Crippen LogP contribution in [0.5, 0.6) is 5.75 Å². The molecule has 4 aromatic carbocycles. The monoisotopic (exact) mass is 534 g/mol. The number of hydrogen-bond acceptors (Lipinski definition) is 6. The molecule has 0 bridgehead atoms. The molecule has 0 saturated heterocycles. The standard InChI is InChI=1S/C31H26N4O3S/c1-22-9-5-8-14-28(22)35-30(37)26-12-6-7-13-27(26)33-31(35)39-21-29(36)34-32-19-23-15-17-25(18-16-23)38-20-24-10-3-2-4-11-24/h2-19H,20-21H2,1H3,(H,34,36). The first-order chi connectivity index (χ1) is 19.1. The first-order valence-corrected chi connectivity index (χ1v) is 13.4. The molecule has 0 aliphatic heterocycles. The molecule has 7 nitrogen and oxygen atoms in total. The third kappa shape index (κ3) is 6.42. The highest BCUT2D eigenvalue weighted by Gasteiger charge is 2.15.